The standard InChI is InChI=1S/C15H19N7O2/c1-3-24-11-5-4-10(6-12(11)23-2)14(16)15-19-13(20-21-15)7-22-9-17-8-18-22/h4-6,8-9,14H,3,7,16H2,1-2H3,(H,19,20,21)/t14-/m1/s1. The van der Waals surface area contributed by atoms with Crippen LogP contribution in [0.25, 0.3) is 0 Å². The van der Waals surface area contributed by atoms with Crippen molar-refractivity contribution in [2.24, 2.45) is 5.73 Å². The molecule has 0 aliphatic heterocycles. The van der Waals surface area contributed by atoms with E-state index in [1.54, 1.807) is 18.1 Å². The summed E-state index contributed by atoms with van der Waals surface area (Å²) in [5, 5.41) is 11.1. The Morgan fingerprint density at radius 3 is 2.92 bits per heavy atom. The van der Waals surface area contributed by atoms with E-state index in [1.165, 1.54) is 6.33 Å². The molecule has 1 atom stereocenters. The molecule has 9 heteroatoms. The van der Waals surface area contributed by atoms with Gasteiger partial charge in [0, 0.05) is 0 Å². The lowest BCUT2D eigenvalue weighted by atomic mass is 10.1. The Morgan fingerprint density at radius 2 is 2.21 bits per heavy atom. The van der Waals surface area contributed by atoms with Gasteiger partial charge in [0.25, 0.3) is 0 Å². The van der Waals surface area contributed by atoms with Crippen LogP contribution in [0, 0.1) is 0 Å². The average Bonchev–Trinajstić information content (AvgIpc) is 3.27. The molecular weight excluding hydrogens is 310 g/mol. The zero-order valence-corrected chi connectivity index (χ0v) is 13.5. The summed E-state index contributed by atoms with van der Waals surface area (Å²) in [6.07, 6.45) is 3.08. The normalized spacial score (nSPS) is 12.1. The van der Waals surface area contributed by atoms with Gasteiger partial charge in [-0.3, -0.25) is 5.10 Å². The summed E-state index contributed by atoms with van der Waals surface area (Å²) in [4.78, 5) is 8.31. The Morgan fingerprint density at radius 1 is 1.33 bits per heavy atom. The lowest BCUT2D eigenvalue weighted by Gasteiger charge is -2.13. The van der Waals surface area contributed by atoms with Crippen LogP contribution in [-0.2, 0) is 6.54 Å². The second kappa shape index (κ2) is 7.09. The van der Waals surface area contributed by atoms with Gasteiger partial charge in [0.1, 0.15) is 25.0 Å². The van der Waals surface area contributed by atoms with E-state index in [1.807, 2.05) is 25.1 Å². The molecule has 2 heterocycles. The molecule has 0 aliphatic carbocycles. The van der Waals surface area contributed by atoms with Crippen LogP contribution in [0.2, 0.25) is 0 Å². The fourth-order valence-electron chi connectivity index (χ4n) is 2.29. The molecule has 2 aromatic heterocycles. The second-order valence-corrected chi connectivity index (χ2v) is 5.05. The first-order chi connectivity index (χ1) is 11.7. The van der Waals surface area contributed by atoms with Crippen LogP contribution in [0.5, 0.6) is 11.5 Å². The van der Waals surface area contributed by atoms with Gasteiger partial charge in [-0.05, 0) is 24.6 Å². The van der Waals surface area contributed by atoms with Crippen LogP contribution < -0.4 is 15.2 Å². The van der Waals surface area contributed by atoms with E-state index >= 15 is 0 Å². The highest BCUT2D eigenvalue weighted by molar-refractivity contribution is 5.44. The number of aromatic amines is 1. The summed E-state index contributed by atoms with van der Waals surface area (Å²) in [7, 11) is 1.59. The molecular formula is C15H19N7O2. The van der Waals surface area contributed by atoms with Gasteiger partial charge in [-0.2, -0.15) is 10.2 Å². The highest BCUT2D eigenvalue weighted by atomic mass is 16.5. The molecule has 3 aromatic rings. The monoisotopic (exact) mass is 329 g/mol. The summed E-state index contributed by atoms with van der Waals surface area (Å²) in [6.45, 7) is 2.93. The summed E-state index contributed by atoms with van der Waals surface area (Å²) in [6, 6.07) is 5.07. The zero-order valence-electron chi connectivity index (χ0n) is 13.5. The highest BCUT2D eigenvalue weighted by Gasteiger charge is 2.17. The van der Waals surface area contributed by atoms with Crippen LogP contribution in [-0.4, -0.2) is 43.7 Å². The topological polar surface area (TPSA) is 117 Å². The number of aromatic nitrogens is 6. The van der Waals surface area contributed by atoms with Gasteiger partial charge < -0.3 is 15.2 Å². The molecule has 0 spiro atoms. The number of hydrogen-bond acceptors (Lipinski definition) is 7. The van der Waals surface area contributed by atoms with Crippen LogP contribution in [0.3, 0.4) is 0 Å². The minimum absolute atomic E-state index is 0.451. The first kappa shape index (κ1) is 15.9. The molecule has 0 fully saturated rings. The lowest BCUT2D eigenvalue weighted by molar-refractivity contribution is 0.310. The van der Waals surface area contributed by atoms with Crippen molar-refractivity contribution in [3.8, 4) is 11.5 Å². The number of methoxy groups -OCH3 is 1. The fourth-order valence-corrected chi connectivity index (χ4v) is 2.29. The van der Waals surface area contributed by atoms with E-state index in [9.17, 15) is 0 Å². The van der Waals surface area contributed by atoms with E-state index in [2.05, 4.69) is 25.3 Å². The maximum absolute atomic E-state index is 6.27. The molecule has 24 heavy (non-hydrogen) atoms. The minimum atomic E-state index is -0.477. The second-order valence-electron chi connectivity index (χ2n) is 5.05. The molecule has 1 aromatic carbocycles. The quantitative estimate of drug-likeness (QED) is 0.661. The van der Waals surface area contributed by atoms with Crippen molar-refractivity contribution >= 4 is 0 Å². The van der Waals surface area contributed by atoms with Crippen LogP contribution in [0.1, 0.15) is 30.2 Å². The van der Waals surface area contributed by atoms with Gasteiger partial charge in [0.15, 0.2) is 17.3 Å². The number of benzene rings is 1. The Bertz CT molecular complexity index is 785. The van der Waals surface area contributed by atoms with Crippen LogP contribution in [0.4, 0.5) is 0 Å². The Kier molecular flexibility index (Phi) is 4.71. The number of hydrogen-bond donors (Lipinski definition) is 2. The van der Waals surface area contributed by atoms with E-state index in [0.717, 1.165) is 5.56 Å². The predicted molar refractivity (Wildman–Crippen MR) is 85.7 cm³/mol. The maximum atomic E-state index is 6.27. The number of nitrogens with two attached hydrogens (primary N) is 1. The fraction of sp³-hybridized carbons (Fsp3) is 0.333. The maximum Gasteiger partial charge on any atom is 0.171 e. The van der Waals surface area contributed by atoms with Crippen molar-refractivity contribution in [2.45, 2.75) is 19.5 Å². The van der Waals surface area contributed by atoms with E-state index in [0.29, 0.717) is 36.3 Å². The average molecular weight is 329 g/mol. The van der Waals surface area contributed by atoms with Crippen molar-refractivity contribution in [1.29, 1.82) is 0 Å². The van der Waals surface area contributed by atoms with E-state index in [4.69, 9.17) is 15.2 Å². The third-order valence-electron chi connectivity index (χ3n) is 3.45. The van der Waals surface area contributed by atoms with E-state index < -0.39 is 6.04 Å². The molecule has 0 saturated carbocycles. The molecule has 0 aliphatic rings. The van der Waals surface area contributed by atoms with Gasteiger partial charge in [-0.15, -0.1) is 0 Å². The molecule has 0 bridgehead atoms. The Hall–Kier alpha value is -2.94. The van der Waals surface area contributed by atoms with Gasteiger partial charge >= 0.3 is 0 Å². The molecule has 3 N–H and O–H groups in total. The van der Waals surface area contributed by atoms with Crippen LogP contribution >= 0.6 is 0 Å². The van der Waals surface area contributed by atoms with Crippen molar-refractivity contribution in [2.75, 3.05) is 13.7 Å². The van der Waals surface area contributed by atoms with Crippen molar-refractivity contribution in [1.82, 2.24) is 29.9 Å². The number of rotatable bonds is 7. The first-order valence-electron chi connectivity index (χ1n) is 7.51. The van der Waals surface area contributed by atoms with Gasteiger partial charge in [0.2, 0.25) is 0 Å². The molecule has 3 rings (SSSR count). The zero-order chi connectivity index (χ0) is 16.9. The largest absolute Gasteiger partial charge is 0.493 e. The molecule has 9 nitrogen and oxygen atoms in total. The highest BCUT2D eigenvalue weighted by Crippen LogP contribution is 2.30. The molecule has 0 amide bonds. The van der Waals surface area contributed by atoms with E-state index in [-0.39, 0.29) is 0 Å². The summed E-state index contributed by atoms with van der Waals surface area (Å²) < 4.78 is 12.5. The minimum Gasteiger partial charge on any atom is -0.493 e. The van der Waals surface area contributed by atoms with Crippen LogP contribution in [0.15, 0.2) is 30.9 Å². The summed E-state index contributed by atoms with van der Waals surface area (Å²) >= 11 is 0. The molecule has 0 radical (unpaired) electrons. The summed E-state index contributed by atoms with van der Waals surface area (Å²) in [5.74, 6) is 2.46. The molecule has 126 valence electrons. The van der Waals surface area contributed by atoms with Gasteiger partial charge in [-0.1, -0.05) is 6.07 Å². The Labute approximate surface area is 138 Å². The number of ether oxygens (including phenoxy) is 2. The van der Waals surface area contributed by atoms with Crippen molar-refractivity contribution in [3.05, 3.63) is 48.1 Å². The van der Waals surface area contributed by atoms with Gasteiger partial charge in [0.05, 0.1) is 19.8 Å². The molecule has 0 unspecified atom stereocenters. The first-order valence-corrected chi connectivity index (χ1v) is 7.51. The van der Waals surface area contributed by atoms with Gasteiger partial charge in [-0.25, -0.2) is 14.6 Å². The van der Waals surface area contributed by atoms with Crippen molar-refractivity contribution < 1.29 is 9.47 Å². The number of nitrogens with zero attached hydrogens (tertiary/aromatic N) is 5. The number of H-pyrrole nitrogens is 1. The third kappa shape index (κ3) is 3.35. The molecule has 0 saturated heterocycles. The Balaban J connectivity index is 1.78. The smallest absolute Gasteiger partial charge is 0.171 e. The SMILES string of the molecule is CCOc1ccc([C@@H](N)c2n[nH]c(Cn3cncn3)n2)cc1OC. The van der Waals surface area contributed by atoms with Crippen molar-refractivity contribution in [3.63, 3.8) is 0 Å². The lowest BCUT2D eigenvalue weighted by Crippen LogP contribution is -2.14. The third-order valence-corrected chi connectivity index (χ3v) is 3.45. The predicted octanol–water partition coefficient (Wildman–Crippen LogP) is 0.900. The number of nitrogens with one attached hydrogen (secondary N) is 1. The summed E-state index contributed by atoms with van der Waals surface area (Å²) in [5.41, 5.74) is 7.11.